The van der Waals surface area contributed by atoms with Crippen LogP contribution in [0.2, 0.25) is 0 Å². The lowest BCUT2D eigenvalue weighted by Crippen LogP contribution is -2.57. The second-order valence-electron chi connectivity index (χ2n) is 9.45. The van der Waals surface area contributed by atoms with Gasteiger partial charge in [-0.2, -0.15) is 0 Å². The Kier molecular flexibility index (Phi) is 7.64. The predicted octanol–water partition coefficient (Wildman–Crippen LogP) is 6.92. The molecule has 1 saturated heterocycles. The number of amides is 4. The van der Waals surface area contributed by atoms with Crippen LogP contribution in [0.1, 0.15) is 31.4 Å². The van der Waals surface area contributed by atoms with Crippen molar-refractivity contribution in [2.24, 2.45) is 0 Å². The van der Waals surface area contributed by atoms with Crippen LogP contribution in [-0.2, 0) is 9.59 Å². The monoisotopic (exact) mass is 534 g/mol. The third kappa shape index (κ3) is 5.06. The number of anilines is 2. The number of urea groups is 1. The molecule has 0 spiro atoms. The molecule has 202 valence electrons. The zero-order chi connectivity index (χ0) is 28.2. The van der Waals surface area contributed by atoms with Gasteiger partial charge < -0.3 is 9.47 Å². The average molecular weight is 535 g/mol. The number of aryl methyl sites for hydroxylation is 1. The summed E-state index contributed by atoms with van der Waals surface area (Å²) in [6.45, 7) is 6.72. The zero-order valence-corrected chi connectivity index (χ0v) is 22.7. The number of carbonyl (C=O) groups excluding carboxylic acids is 3. The summed E-state index contributed by atoms with van der Waals surface area (Å²) < 4.78 is 11.6. The van der Waals surface area contributed by atoms with E-state index in [4.69, 9.17) is 9.47 Å². The summed E-state index contributed by atoms with van der Waals surface area (Å²) >= 11 is 0. The van der Waals surface area contributed by atoms with Gasteiger partial charge in [-0.1, -0.05) is 61.5 Å². The molecule has 0 bridgehead atoms. The molecule has 0 aromatic heterocycles. The molecule has 1 fully saturated rings. The number of imide groups is 2. The van der Waals surface area contributed by atoms with E-state index in [1.165, 1.54) is 6.08 Å². The number of benzene rings is 4. The van der Waals surface area contributed by atoms with Gasteiger partial charge in [0.1, 0.15) is 5.57 Å². The maximum absolute atomic E-state index is 14.0. The SMILES string of the molecule is CCCOc1ccc(/C=C2\C(=O)N(c3cccc(C)c3)C(=O)N(c3cccc4ccccc34)C2=O)cc1OCC. The second-order valence-corrected chi connectivity index (χ2v) is 9.45. The van der Waals surface area contributed by atoms with E-state index in [-0.39, 0.29) is 5.57 Å². The Morgan fingerprint density at radius 1 is 0.750 bits per heavy atom. The van der Waals surface area contributed by atoms with E-state index in [0.29, 0.717) is 41.7 Å². The van der Waals surface area contributed by atoms with E-state index < -0.39 is 17.8 Å². The molecule has 1 aliphatic heterocycles. The van der Waals surface area contributed by atoms with E-state index in [2.05, 4.69) is 0 Å². The minimum absolute atomic E-state index is 0.140. The first kappa shape index (κ1) is 26.7. The Hall–Kier alpha value is -4.91. The van der Waals surface area contributed by atoms with E-state index in [1.54, 1.807) is 48.5 Å². The summed E-state index contributed by atoms with van der Waals surface area (Å²) in [5.74, 6) is -0.291. The molecule has 0 unspecified atom stereocenters. The first-order valence-electron chi connectivity index (χ1n) is 13.3. The molecular weight excluding hydrogens is 504 g/mol. The summed E-state index contributed by atoms with van der Waals surface area (Å²) in [6, 6.07) is 24.5. The quantitative estimate of drug-likeness (QED) is 0.181. The van der Waals surface area contributed by atoms with Gasteiger partial charge in [0.2, 0.25) is 0 Å². The maximum atomic E-state index is 14.0. The highest BCUT2D eigenvalue weighted by atomic mass is 16.5. The Bertz CT molecular complexity index is 1640. The first-order chi connectivity index (χ1) is 19.4. The van der Waals surface area contributed by atoms with Crippen LogP contribution in [0, 0.1) is 6.92 Å². The summed E-state index contributed by atoms with van der Waals surface area (Å²) in [5, 5.41) is 1.59. The van der Waals surface area contributed by atoms with Gasteiger partial charge in [-0.3, -0.25) is 9.59 Å². The molecule has 0 aliphatic carbocycles. The van der Waals surface area contributed by atoms with Gasteiger partial charge in [-0.25, -0.2) is 14.6 Å². The molecule has 4 aromatic carbocycles. The van der Waals surface area contributed by atoms with E-state index in [0.717, 1.165) is 32.6 Å². The molecule has 4 amide bonds. The molecule has 5 rings (SSSR count). The van der Waals surface area contributed by atoms with Crippen molar-refractivity contribution in [2.75, 3.05) is 23.0 Å². The van der Waals surface area contributed by atoms with Crippen molar-refractivity contribution in [3.63, 3.8) is 0 Å². The molecule has 7 nitrogen and oxygen atoms in total. The first-order valence-corrected chi connectivity index (χ1v) is 13.3. The van der Waals surface area contributed by atoms with Crippen molar-refractivity contribution in [3.8, 4) is 11.5 Å². The molecule has 1 heterocycles. The Balaban J connectivity index is 1.66. The van der Waals surface area contributed by atoms with Gasteiger partial charge in [-0.05, 0) is 73.2 Å². The van der Waals surface area contributed by atoms with Crippen LogP contribution in [0.15, 0.2) is 90.5 Å². The number of hydrogen-bond donors (Lipinski definition) is 0. The molecule has 40 heavy (non-hydrogen) atoms. The van der Waals surface area contributed by atoms with E-state index >= 15 is 0 Å². The van der Waals surface area contributed by atoms with Crippen LogP contribution in [0.4, 0.5) is 16.2 Å². The van der Waals surface area contributed by atoms with Crippen LogP contribution < -0.4 is 19.3 Å². The van der Waals surface area contributed by atoms with Crippen molar-refractivity contribution < 1.29 is 23.9 Å². The fraction of sp³-hybridized carbons (Fsp3) is 0.182. The lowest BCUT2D eigenvalue weighted by atomic mass is 10.0. The Labute approximate surface area is 233 Å². The number of barbiturate groups is 1. The second kappa shape index (κ2) is 11.5. The minimum Gasteiger partial charge on any atom is -0.490 e. The lowest BCUT2D eigenvalue weighted by Gasteiger charge is -2.34. The normalized spacial score (nSPS) is 14.8. The van der Waals surface area contributed by atoms with E-state index in [1.807, 2.05) is 57.2 Å². The van der Waals surface area contributed by atoms with Crippen molar-refractivity contribution >= 4 is 46.1 Å². The van der Waals surface area contributed by atoms with Crippen molar-refractivity contribution in [2.45, 2.75) is 27.2 Å². The predicted molar refractivity (Wildman–Crippen MR) is 157 cm³/mol. The lowest BCUT2D eigenvalue weighted by molar-refractivity contribution is -0.121. The molecule has 7 heteroatoms. The number of ether oxygens (including phenoxy) is 2. The van der Waals surface area contributed by atoms with Crippen LogP contribution in [-0.4, -0.2) is 31.1 Å². The smallest absolute Gasteiger partial charge is 0.343 e. The molecule has 0 N–H and O–H groups in total. The Morgan fingerprint density at radius 3 is 2.27 bits per heavy atom. The number of carbonyl (C=O) groups is 3. The average Bonchev–Trinajstić information content (AvgIpc) is 2.95. The molecule has 0 radical (unpaired) electrons. The van der Waals surface area contributed by atoms with Crippen molar-refractivity contribution in [3.05, 3.63) is 102 Å². The standard InChI is InChI=1S/C33H30N2O5/c1-4-18-40-29-17-16-23(21-30(29)39-5-2)20-27-31(36)34(25-13-8-10-22(3)19-25)33(38)35(32(27)37)28-15-9-12-24-11-6-7-14-26(24)28/h6-17,19-21H,4-5,18H2,1-3H3/b27-20+. The van der Waals surface area contributed by atoms with Gasteiger partial charge in [-0.15, -0.1) is 0 Å². The molecule has 1 aliphatic rings. The summed E-state index contributed by atoms with van der Waals surface area (Å²) in [6.07, 6.45) is 2.34. The summed E-state index contributed by atoms with van der Waals surface area (Å²) in [5.41, 5.74) is 2.10. The van der Waals surface area contributed by atoms with Gasteiger partial charge in [0, 0.05) is 5.39 Å². The summed E-state index contributed by atoms with van der Waals surface area (Å²) in [4.78, 5) is 43.9. The van der Waals surface area contributed by atoms with Crippen LogP contribution in [0.3, 0.4) is 0 Å². The van der Waals surface area contributed by atoms with Gasteiger partial charge in [0.15, 0.2) is 11.5 Å². The fourth-order valence-electron chi connectivity index (χ4n) is 4.72. The fourth-order valence-corrected chi connectivity index (χ4v) is 4.72. The molecular formula is C33H30N2O5. The third-order valence-corrected chi connectivity index (χ3v) is 6.56. The number of nitrogens with zero attached hydrogens (tertiary/aromatic N) is 2. The number of rotatable bonds is 8. The van der Waals surface area contributed by atoms with Crippen LogP contribution in [0.5, 0.6) is 11.5 Å². The molecule has 4 aromatic rings. The summed E-state index contributed by atoms with van der Waals surface area (Å²) in [7, 11) is 0. The highest BCUT2D eigenvalue weighted by Gasteiger charge is 2.44. The highest BCUT2D eigenvalue weighted by Crippen LogP contribution is 2.35. The largest absolute Gasteiger partial charge is 0.490 e. The number of fused-ring (bicyclic) bond motifs is 1. The van der Waals surface area contributed by atoms with Gasteiger partial charge in [0.25, 0.3) is 11.8 Å². The van der Waals surface area contributed by atoms with Gasteiger partial charge in [0.05, 0.1) is 24.6 Å². The van der Waals surface area contributed by atoms with Crippen LogP contribution in [0.25, 0.3) is 16.8 Å². The highest BCUT2D eigenvalue weighted by molar-refractivity contribution is 6.46. The maximum Gasteiger partial charge on any atom is 0.343 e. The van der Waals surface area contributed by atoms with Crippen LogP contribution >= 0.6 is 0 Å². The molecule has 0 saturated carbocycles. The van der Waals surface area contributed by atoms with Gasteiger partial charge >= 0.3 is 6.03 Å². The van der Waals surface area contributed by atoms with Crippen molar-refractivity contribution in [1.29, 1.82) is 0 Å². The van der Waals surface area contributed by atoms with E-state index in [9.17, 15) is 14.4 Å². The Morgan fingerprint density at radius 2 is 1.50 bits per heavy atom. The topological polar surface area (TPSA) is 76.2 Å². The van der Waals surface area contributed by atoms with Crippen molar-refractivity contribution in [1.82, 2.24) is 0 Å². The number of hydrogen-bond acceptors (Lipinski definition) is 5. The molecule has 0 atom stereocenters. The zero-order valence-electron chi connectivity index (χ0n) is 22.7. The third-order valence-electron chi connectivity index (χ3n) is 6.56. The minimum atomic E-state index is -0.729.